The van der Waals surface area contributed by atoms with Gasteiger partial charge < -0.3 is 10.1 Å². The summed E-state index contributed by atoms with van der Waals surface area (Å²) in [6.07, 6.45) is 1.95. The summed E-state index contributed by atoms with van der Waals surface area (Å²) in [6, 6.07) is 20.4. The molecule has 0 bridgehead atoms. The number of aryl methyl sites for hydroxylation is 1. The molecule has 0 spiro atoms. The van der Waals surface area contributed by atoms with Crippen LogP contribution in [0.1, 0.15) is 36.0 Å². The summed E-state index contributed by atoms with van der Waals surface area (Å²) in [5.41, 5.74) is 3.05. The monoisotopic (exact) mass is 421 g/mol. The van der Waals surface area contributed by atoms with Crippen molar-refractivity contribution in [1.82, 2.24) is 0 Å². The molecule has 6 heteroatoms. The summed E-state index contributed by atoms with van der Waals surface area (Å²) >= 11 is 0. The second kappa shape index (κ2) is 7.95. The van der Waals surface area contributed by atoms with Gasteiger partial charge in [0.15, 0.2) is 9.84 Å². The van der Waals surface area contributed by atoms with Crippen LogP contribution >= 0.6 is 0 Å². The Bertz CT molecular complexity index is 1170. The van der Waals surface area contributed by atoms with E-state index in [9.17, 15) is 13.2 Å². The number of para-hydroxylation sites is 3. The van der Waals surface area contributed by atoms with E-state index in [0.29, 0.717) is 12.1 Å². The van der Waals surface area contributed by atoms with Gasteiger partial charge in [-0.3, -0.25) is 4.79 Å². The van der Waals surface area contributed by atoms with Crippen LogP contribution in [0, 0.1) is 0 Å². The lowest BCUT2D eigenvalue weighted by Gasteiger charge is -2.28. The molecule has 1 aliphatic rings. The Hall–Kier alpha value is -3.12. The molecule has 0 radical (unpaired) electrons. The summed E-state index contributed by atoms with van der Waals surface area (Å²) < 4.78 is 30.5. The minimum absolute atomic E-state index is 0.142. The SMILES string of the molecule is CCc1cccc(S(C)(=O)=O)c1NC(=O)CC1c2ccccc2Oc2ccccc21. The smallest absolute Gasteiger partial charge is 0.225 e. The van der Waals surface area contributed by atoms with Crippen molar-refractivity contribution < 1.29 is 17.9 Å². The number of sulfone groups is 1. The van der Waals surface area contributed by atoms with Crippen LogP contribution in [0.15, 0.2) is 71.6 Å². The predicted molar refractivity (Wildman–Crippen MR) is 117 cm³/mol. The number of ether oxygens (including phenoxy) is 1. The van der Waals surface area contributed by atoms with E-state index in [1.54, 1.807) is 6.07 Å². The number of carbonyl (C=O) groups excluding carboxylic acids is 1. The van der Waals surface area contributed by atoms with Crippen molar-refractivity contribution in [2.24, 2.45) is 0 Å². The summed E-state index contributed by atoms with van der Waals surface area (Å²) in [5.74, 6) is 1.05. The van der Waals surface area contributed by atoms with Crippen LogP contribution < -0.4 is 10.1 Å². The Kier molecular flexibility index (Phi) is 5.35. The molecule has 5 nitrogen and oxygen atoms in total. The molecule has 0 saturated heterocycles. The topological polar surface area (TPSA) is 72.5 Å². The molecule has 1 N–H and O–H groups in total. The van der Waals surface area contributed by atoms with Crippen molar-refractivity contribution in [2.45, 2.75) is 30.6 Å². The lowest BCUT2D eigenvalue weighted by Crippen LogP contribution is -2.21. The van der Waals surface area contributed by atoms with E-state index >= 15 is 0 Å². The standard InChI is InChI=1S/C24H23NO4S/c1-3-16-9-8-14-22(30(2,27)28)24(16)25-23(26)15-19-17-10-4-6-12-20(17)29-21-13-7-5-11-18(19)21/h4-14,19H,3,15H2,1-2H3,(H,25,26). The van der Waals surface area contributed by atoms with Gasteiger partial charge in [0, 0.05) is 29.7 Å². The highest BCUT2D eigenvalue weighted by Crippen LogP contribution is 2.45. The Balaban J connectivity index is 1.69. The molecule has 0 atom stereocenters. The predicted octanol–water partition coefficient (Wildman–Crippen LogP) is 4.92. The third kappa shape index (κ3) is 3.83. The number of hydrogen-bond donors (Lipinski definition) is 1. The van der Waals surface area contributed by atoms with Gasteiger partial charge in [-0.1, -0.05) is 55.5 Å². The molecule has 0 fully saturated rings. The molecular weight excluding hydrogens is 398 g/mol. The van der Waals surface area contributed by atoms with Gasteiger partial charge >= 0.3 is 0 Å². The zero-order valence-corrected chi connectivity index (χ0v) is 17.7. The van der Waals surface area contributed by atoms with E-state index < -0.39 is 9.84 Å². The fourth-order valence-corrected chi connectivity index (χ4v) is 4.81. The van der Waals surface area contributed by atoms with Crippen molar-refractivity contribution in [1.29, 1.82) is 0 Å². The molecule has 3 aromatic carbocycles. The maximum atomic E-state index is 13.1. The zero-order valence-electron chi connectivity index (χ0n) is 16.9. The highest BCUT2D eigenvalue weighted by Gasteiger charge is 2.29. The number of hydrogen-bond acceptors (Lipinski definition) is 4. The molecule has 1 heterocycles. The molecule has 154 valence electrons. The van der Waals surface area contributed by atoms with Crippen molar-refractivity contribution in [3.8, 4) is 11.5 Å². The Morgan fingerprint density at radius 2 is 1.53 bits per heavy atom. The summed E-state index contributed by atoms with van der Waals surface area (Å²) in [4.78, 5) is 13.2. The minimum Gasteiger partial charge on any atom is -0.457 e. The van der Waals surface area contributed by atoms with Gasteiger partial charge in [-0.05, 0) is 30.2 Å². The van der Waals surface area contributed by atoms with Crippen molar-refractivity contribution in [2.75, 3.05) is 11.6 Å². The van der Waals surface area contributed by atoms with Crippen LogP contribution in [-0.2, 0) is 21.1 Å². The van der Waals surface area contributed by atoms with Crippen molar-refractivity contribution in [3.63, 3.8) is 0 Å². The molecule has 4 rings (SSSR count). The van der Waals surface area contributed by atoms with E-state index in [4.69, 9.17) is 4.74 Å². The molecule has 1 aliphatic heterocycles. The molecule has 0 aromatic heterocycles. The highest BCUT2D eigenvalue weighted by molar-refractivity contribution is 7.90. The van der Waals surface area contributed by atoms with Gasteiger partial charge in [0.2, 0.25) is 5.91 Å². The minimum atomic E-state index is -3.48. The third-order valence-corrected chi connectivity index (χ3v) is 6.49. The first-order valence-corrected chi connectivity index (χ1v) is 11.7. The first-order chi connectivity index (χ1) is 14.4. The van der Waals surface area contributed by atoms with E-state index in [1.807, 2.05) is 61.5 Å². The van der Waals surface area contributed by atoms with Gasteiger partial charge in [-0.15, -0.1) is 0 Å². The molecule has 1 amide bonds. The second-order valence-corrected chi connectivity index (χ2v) is 9.38. The fourth-order valence-electron chi connectivity index (χ4n) is 3.93. The van der Waals surface area contributed by atoms with Crippen molar-refractivity contribution in [3.05, 3.63) is 83.4 Å². The first kappa shape index (κ1) is 20.2. The number of nitrogens with one attached hydrogen (secondary N) is 1. The van der Waals surface area contributed by atoms with Crippen LogP contribution in [0.2, 0.25) is 0 Å². The van der Waals surface area contributed by atoms with E-state index in [-0.39, 0.29) is 23.1 Å². The van der Waals surface area contributed by atoms with Gasteiger partial charge in [0.25, 0.3) is 0 Å². The molecule has 0 unspecified atom stereocenters. The van der Waals surface area contributed by atoms with Gasteiger partial charge in [0.05, 0.1) is 10.6 Å². The molecule has 30 heavy (non-hydrogen) atoms. The van der Waals surface area contributed by atoms with Crippen LogP contribution in [0.3, 0.4) is 0 Å². The van der Waals surface area contributed by atoms with E-state index in [2.05, 4.69) is 5.32 Å². The van der Waals surface area contributed by atoms with Crippen LogP contribution in [0.5, 0.6) is 11.5 Å². The fraction of sp³-hybridized carbons (Fsp3) is 0.208. The van der Waals surface area contributed by atoms with Gasteiger partial charge in [0.1, 0.15) is 11.5 Å². The number of benzene rings is 3. The maximum Gasteiger partial charge on any atom is 0.225 e. The lowest BCUT2D eigenvalue weighted by atomic mass is 9.85. The number of anilines is 1. The first-order valence-electron chi connectivity index (χ1n) is 9.86. The van der Waals surface area contributed by atoms with Crippen LogP contribution in [-0.4, -0.2) is 20.6 Å². The summed E-state index contributed by atoms with van der Waals surface area (Å²) in [5, 5.41) is 2.89. The number of amides is 1. The van der Waals surface area contributed by atoms with Crippen LogP contribution in [0.25, 0.3) is 0 Å². The second-order valence-electron chi connectivity index (χ2n) is 7.40. The summed E-state index contributed by atoms with van der Waals surface area (Å²) in [6.45, 7) is 1.93. The Labute approximate surface area is 176 Å². The average molecular weight is 422 g/mol. The molecule has 0 saturated carbocycles. The van der Waals surface area contributed by atoms with E-state index in [0.717, 1.165) is 34.4 Å². The van der Waals surface area contributed by atoms with Gasteiger partial charge in [-0.2, -0.15) is 0 Å². The average Bonchev–Trinajstić information content (AvgIpc) is 2.73. The number of rotatable bonds is 5. The molecule has 0 aliphatic carbocycles. The molecular formula is C24H23NO4S. The largest absolute Gasteiger partial charge is 0.457 e. The zero-order chi connectivity index (χ0) is 21.3. The maximum absolute atomic E-state index is 13.1. The number of fused-ring (bicyclic) bond motifs is 2. The van der Waals surface area contributed by atoms with Gasteiger partial charge in [-0.25, -0.2) is 8.42 Å². The Morgan fingerprint density at radius 1 is 0.933 bits per heavy atom. The number of carbonyl (C=O) groups is 1. The van der Waals surface area contributed by atoms with E-state index in [1.165, 1.54) is 6.07 Å². The third-order valence-electron chi connectivity index (χ3n) is 5.36. The quantitative estimate of drug-likeness (QED) is 0.635. The highest BCUT2D eigenvalue weighted by atomic mass is 32.2. The normalized spacial score (nSPS) is 13.1. The van der Waals surface area contributed by atoms with Crippen LogP contribution in [0.4, 0.5) is 5.69 Å². The van der Waals surface area contributed by atoms with Crippen molar-refractivity contribution >= 4 is 21.4 Å². The Morgan fingerprint density at radius 3 is 2.10 bits per heavy atom. The summed E-state index contributed by atoms with van der Waals surface area (Å²) in [7, 11) is -3.48. The molecule has 3 aromatic rings. The lowest BCUT2D eigenvalue weighted by molar-refractivity contribution is -0.116.